The van der Waals surface area contributed by atoms with E-state index >= 15 is 0 Å². The number of carbonyl (C=O) groups excluding carboxylic acids is 2. The number of benzene rings is 2. The van der Waals surface area contributed by atoms with Gasteiger partial charge in [-0.3, -0.25) is 8.98 Å². The predicted octanol–water partition coefficient (Wildman–Crippen LogP) is 1.23. The van der Waals surface area contributed by atoms with Crippen molar-refractivity contribution in [2.75, 3.05) is 20.0 Å². The average Bonchev–Trinajstić information content (AvgIpc) is 2.66. The highest BCUT2D eigenvalue weighted by Gasteiger charge is 2.48. The zero-order chi connectivity index (χ0) is 20.1. The fourth-order valence-electron chi connectivity index (χ4n) is 2.66. The van der Waals surface area contributed by atoms with Gasteiger partial charge in [0.05, 0.1) is 19.3 Å². The second-order valence-corrected chi connectivity index (χ2v) is 7.69. The summed E-state index contributed by atoms with van der Waals surface area (Å²) < 4.78 is 32.1. The maximum atomic E-state index is 13.4. The van der Waals surface area contributed by atoms with Gasteiger partial charge >= 0.3 is 5.97 Å². The minimum atomic E-state index is -3.93. The molecule has 2 N–H and O–H groups in total. The van der Waals surface area contributed by atoms with E-state index in [0.717, 1.165) is 13.4 Å². The van der Waals surface area contributed by atoms with E-state index in [4.69, 9.17) is 5.73 Å². The van der Waals surface area contributed by atoms with Crippen molar-refractivity contribution in [1.82, 2.24) is 0 Å². The van der Waals surface area contributed by atoms with Gasteiger partial charge in [-0.2, -0.15) is 8.42 Å². The number of esters is 1. The Morgan fingerprint density at radius 1 is 1.00 bits per heavy atom. The van der Waals surface area contributed by atoms with Gasteiger partial charge in [0, 0.05) is 0 Å². The number of ketones is 1. The minimum absolute atomic E-state index is 0.604. The zero-order valence-electron chi connectivity index (χ0n) is 15.0. The molecule has 0 aliphatic heterocycles. The highest BCUT2D eigenvalue weighted by Crippen LogP contribution is 2.30. The topological polar surface area (TPSA) is 113 Å². The van der Waals surface area contributed by atoms with E-state index < -0.39 is 39.9 Å². The Bertz CT molecular complexity index is 859. The molecule has 0 spiro atoms. The average molecular weight is 391 g/mol. The van der Waals surface area contributed by atoms with Crippen LogP contribution < -0.4 is 5.73 Å². The third kappa shape index (κ3) is 5.00. The standard InChI is InChI=1S/C19H21NO6S/c1-25-18(22)19(20,13-26-27(2,23)24)17(21)16(14-9-5-3-6-10-14)15-11-7-4-8-12-15/h3-12,16H,13,20H2,1-2H3/t19-/m1/s1. The molecule has 0 aromatic heterocycles. The van der Waals surface area contributed by atoms with Gasteiger partial charge in [-0.1, -0.05) is 60.7 Å². The summed E-state index contributed by atoms with van der Waals surface area (Å²) in [5, 5.41) is 0. The fourth-order valence-corrected chi connectivity index (χ4v) is 3.06. The van der Waals surface area contributed by atoms with Crippen molar-refractivity contribution in [2.24, 2.45) is 5.73 Å². The number of rotatable bonds is 8. The summed E-state index contributed by atoms with van der Waals surface area (Å²) >= 11 is 0. The van der Waals surface area contributed by atoms with Crippen LogP contribution in [0.15, 0.2) is 60.7 Å². The highest BCUT2D eigenvalue weighted by atomic mass is 32.2. The summed E-state index contributed by atoms with van der Waals surface area (Å²) in [7, 11) is -2.86. The highest BCUT2D eigenvalue weighted by molar-refractivity contribution is 7.86. The van der Waals surface area contributed by atoms with Crippen LogP contribution in [0.25, 0.3) is 0 Å². The van der Waals surface area contributed by atoms with Crippen molar-refractivity contribution in [2.45, 2.75) is 11.5 Å². The number of nitrogens with two attached hydrogens (primary N) is 1. The molecular weight excluding hydrogens is 370 g/mol. The van der Waals surface area contributed by atoms with Crippen molar-refractivity contribution >= 4 is 21.9 Å². The molecule has 0 aliphatic rings. The molecule has 0 amide bonds. The van der Waals surface area contributed by atoms with Crippen LogP contribution >= 0.6 is 0 Å². The first kappa shape index (κ1) is 20.8. The van der Waals surface area contributed by atoms with Gasteiger partial charge in [0.25, 0.3) is 10.1 Å². The van der Waals surface area contributed by atoms with Crippen LogP contribution in [-0.2, 0) is 28.6 Å². The molecule has 0 radical (unpaired) electrons. The lowest BCUT2D eigenvalue weighted by Gasteiger charge is -2.29. The molecule has 0 unspecified atom stereocenters. The molecule has 2 aromatic carbocycles. The predicted molar refractivity (Wildman–Crippen MR) is 99.5 cm³/mol. The monoisotopic (exact) mass is 391 g/mol. The smallest absolute Gasteiger partial charge is 0.336 e. The maximum Gasteiger partial charge on any atom is 0.336 e. The minimum Gasteiger partial charge on any atom is -0.467 e. The van der Waals surface area contributed by atoms with Crippen LogP contribution in [0.5, 0.6) is 0 Å². The molecule has 144 valence electrons. The number of methoxy groups -OCH3 is 1. The Morgan fingerprint density at radius 2 is 1.44 bits per heavy atom. The van der Waals surface area contributed by atoms with Crippen LogP contribution in [0.4, 0.5) is 0 Å². The summed E-state index contributed by atoms with van der Waals surface area (Å²) in [5.74, 6) is -2.71. The van der Waals surface area contributed by atoms with Gasteiger partial charge in [-0.25, -0.2) is 4.79 Å². The lowest BCUT2D eigenvalue weighted by Crippen LogP contribution is -2.60. The van der Waals surface area contributed by atoms with E-state index in [1.165, 1.54) is 0 Å². The van der Waals surface area contributed by atoms with Gasteiger partial charge < -0.3 is 10.5 Å². The number of hydrogen-bond donors (Lipinski definition) is 1. The summed E-state index contributed by atoms with van der Waals surface area (Å²) in [6.07, 6.45) is 0.807. The molecular formula is C19H21NO6S. The quantitative estimate of drug-likeness (QED) is 0.409. The number of hydrogen-bond acceptors (Lipinski definition) is 7. The molecule has 8 heteroatoms. The lowest BCUT2D eigenvalue weighted by atomic mass is 9.79. The van der Waals surface area contributed by atoms with E-state index in [1.54, 1.807) is 60.7 Å². The zero-order valence-corrected chi connectivity index (χ0v) is 15.8. The summed E-state index contributed by atoms with van der Waals surface area (Å²) in [6.45, 7) is -0.854. The number of ether oxygens (including phenoxy) is 1. The Kier molecular flexibility index (Phi) is 6.48. The second kappa shape index (κ2) is 8.43. The van der Waals surface area contributed by atoms with Crippen LogP contribution in [-0.4, -0.2) is 45.7 Å². The van der Waals surface area contributed by atoms with E-state index in [-0.39, 0.29) is 0 Å². The summed E-state index contributed by atoms with van der Waals surface area (Å²) in [4.78, 5) is 25.7. The van der Waals surface area contributed by atoms with Crippen LogP contribution in [0.1, 0.15) is 17.0 Å². The van der Waals surface area contributed by atoms with E-state index in [1.807, 2.05) is 0 Å². The van der Waals surface area contributed by atoms with Gasteiger partial charge in [-0.15, -0.1) is 0 Å². The molecule has 0 aliphatic carbocycles. The van der Waals surface area contributed by atoms with E-state index in [2.05, 4.69) is 8.92 Å². The molecule has 1 atom stereocenters. The first-order valence-electron chi connectivity index (χ1n) is 8.05. The van der Waals surface area contributed by atoms with Gasteiger partial charge in [0.1, 0.15) is 6.61 Å². The largest absolute Gasteiger partial charge is 0.467 e. The first-order chi connectivity index (χ1) is 12.7. The van der Waals surface area contributed by atoms with E-state index in [9.17, 15) is 18.0 Å². The van der Waals surface area contributed by atoms with Crippen LogP contribution in [0, 0.1) is 0 Å². The molecule has 0 heterocycles. The van der Waals surface area contributed by atoms with Crippen molar-refractivity contribution in [1.29, 1.82) is 0 Å². The maximum absolute atomic E-state index is 13.4. The van der Waals surface area contributed by atoms with Gasteiger partial charge in [0.2, 0.25) is 0 Å². The normalized spacial score (nSPS) is 13.8. The molecule has 0 saturated heterocycles. The Hall–Kier alpha value is -2.55. The summed E-state index contributed by atoms with van der Waals surface area (Å²) in [5.41, 5.74) is 4.97. The summed E-state index contributed by atoms with van der Waals surface area (Å²) in [6, 6.07) is 17.5. The van der Waals surface area contributed by atoms with Crippen molar-refractivity contribution in [3.05, 3.63) is 71.8 Å². The number of Topliss-reactive ketones (excluding diaryl/α,β-unsaturated/α-hetero) is 1. The third-order valence-electron chi connectivity index (χ3n) is 4.02. The SMILES string of the molecule is COC(=O)[C@@](N)(COS(C)(=O)=O)C(=O)C(c1ccccc1)c1ccccc1. The fraction of sp³-hybridized carbons (Fsp3) is 0.263. The third-order valence-corrected chi connectivity index (χ3v) is 4.56. The molecule has 27 heavy (non-hydrogen) atoms. The van der Waals surface area contributed by atoms with Crippen molar-refractivity contribution in [3.63, 3.8) is 0 Å². The van der Waals surface area contributed by atoms with E-state index in [0.29, 0.717) is 11.1 Å². The molecule has 2 rings (SSSR count). The second-order valence-electron chi connectivity index (χ2n) is 6.05. The molecule has 2 aromatic rings. The Balaban J connectivity index is 2.54. The van der Waals surface area contributed by atoms with Gasteiger partial charge in [-0.05, 0) is 11.1 Å². The Labute approximate surface area is 158 Å². The van der Waals surface area contributed by atoms with Gasteiger partial charge in [0.15, 0.2) is 11.3 Å². The van der Waals surface area contributed by atoms with Crippen molar-refractivity contribution < 1.29 is 26.9 Å². The van der Waals surface area contributed by atoms with Crippen LogP contribution in [0.2, 0.25) is 0 Å². The molecule has 7 nitrogen and oxygen atoms in total. The van der Waals surface area contributed by atoms with Crippen LogP contribution in [0.3, 0.4) is 0 Å². The number of carbonyl (C=O) groups is 2. The van der Waals surface area contributed by atoms with Crippen molar-refractivity contribution in [3.8, 4) is 0 Å². The Morgan fingerprint density at radius 3 is 1.81 bits per heavy atom. The first-order valence-corrected chi connectivity index (χ1v) is 9.86. The lowest BCUT2D eigenvalue weighted by molar-refractivity contribution is -0.153. The molecule has 0 fully saturated rings. The molecule has 0 saturated carbocycles. The molecule has 0 bridgehead atoms.